The molecular formula is CH3N3O5S2. The van der Waals surface area contributed by atoms with Crippen molar-refractivity contribution in [3.8, 4) is 6.19 Å². The Labute approximate surface area is 63.1 Å². The maximum absolute atomic E-state index is 10.2. The van der Waals surface area contributed by atoms with Gasteiger partial charge >= 0.3 is 20.6 Å². The van der Waals surface area contributed by atoms with E-state index in [0.29, 0.717) is 0 Å². The summed E-state index contributed by atoms with van der Waals surface area (Å²) in [5.41, 5.74) is 0. The Hall–Kier alpha value is -0.890. The van der Waals surface area contributed by atoms with Crippen LogP contribution in [0.25, 0.3) is 0 Å². The van der Waals surface area contributed by atoms with Crippen molar-refractivity contribution in [2.45, 2.75) is 0 Å². The molecule has 0 fully saturated rings. The second-order valence-electron chi connectivity index (χ2n) is 1.23. The summed E-state index contributed by atoms with van der Waals surface area (Å²) in [7, 11) is -9.22. The van der Waals surface area contributed by atoms with Gasteiger partial charge in [0, 0.05) is 0 Å². The third kappa shape index (κ3) is 5.55. The summed E-state index contributed by atoms with van der Waals surface area (Å²) in [6, 6.07) is 0. The number of nitrogens with zero attached hydrogens (tertiary/aromatic N) is 1. The minimum atomic E-state index is -4.61. The van der Waals surface area contributed by atoms with Crippen LogP contribution in [0.2, 0.25) is 0 Å². The second-order valence-corrected chi connectivity index (χ2v) is 3.87. The van der Waals surface area contributed by atoms with Crippen LogP contribution in [0.3, 0.4) is 0 Å². The van der Waals surface area contributed by atoms with E-state index in [-0.39, 0.29) is 0 Å². The molecule has 0 radical (unpaired) electrons. The molecule has 11 heavy (non-hydrogen) atoms. The highest BCUT2D eigenvalue weighted by Crippen LogP contribution is 1.90. The lowest BCUT2D eigenvalue weighted by Gasteiger charge is -1.96. The van der Waals surface area contributed by atoms with Gasteiger partial charge < -0.3 is 0 Å². The zero-order valence-corrected chi connectivity index (χ0v) is 6.52. The summed E-state index contributed by atoms with van der Waals surface area (Å²) in [6.45, 7) is 0. The van der Waals surface area contributed by atoms with Crippen LogP contribution < -0.4 is 9.86 Å². The van der Waals surface area contributed by atoms with Crippen molar-refractivity contribution >= 4 is 20.6 Å². The third-order valence-corrected chi connectivity index (χ3v) is 2.17. The zero-order chi connectivity index (χ0) is 9.12. The van der Waals surface area contributed by atoms with Crippen molar-refractivity contribution < 1.29 is 20.5 Å². The van der Waals surface area contributed by atoms with Gasteiger partial charge in [0.2, 0.25) is 0 Å². The van der Waals surface area contributed by atoms with Crippen LogP contribution >= 0.6 is 0 Å². The number of nitrogens with one attached hydrogen (secondary N) is 1. The molecule has 0 saturated heterocycles. The zero-order valence-electron chi connectivity index (χ0n) is 4.88. The van der Waals surface area contributed by atoms with Gasteiger partial charge in [-0.3, -0.25) is 0 Å². The van der Waals surface area contributed by atoms with Crippen molar-refractivity contribution in [1.29, 1.82) is 5.26 Å². The lowest BCUT2D eigenvalue weighted by Crippen LogP contribution is -2.28. The van der Waals surface area contributed by atoms with Gasteiger partial charge in [0.05, 0.1) is 0 Å². The van der Waals surface area contributed by atoms with Gasteiger partial charge in [-0.25, -0.2) is 5.14 Å². The molecule has 0 aliphatic carbocycles. The van der Waals surface area contributed by atoms with Gasteiger partial charge in [0.15, 0.2) is 6.19 Å². The lowest BCUT2D eigenvalue weighted by atomic mass is 11.5. The highest BCUT2D eigenvalue weighted by molar-refractivity contribution is 7.97. The Bertz CT molecular complexity index is 357. The van der Waals surface area contributed by atoms with Crippen LogP contribution in [0.15, 0.2) is 0 Å². The molecule has 0 aromatic rings. The molecule has 0 amide bonds. The molecule has 10 heteroatoms. The van der Waals surface area contributed by atoms with Crippen LogP contribution in [0.1, 0.15) is 0 Å². The predicted octanol–water partition coefficient (Wildman–Crippen LogP) is -2.48. The largest absolute Gasteiger partial charge is 0.383 e. The van der Waals surface area contributed by atoms with E-state index in [4.69, 9.17) is 5.26 Å². The first-order valence-electron chi connectivity index (χ1n) is 1.91. The van der Waals surface area contributed by atoms with Crippen molar-refractivity contribution in [2.24, 2.45) is 5.14 Å². The van der Waals surface area contributed by atoms with Crippen LogP contribution in [0.4, 0.5) is 0 Å². The number of nitrogens with two attached hydrogens (primary N) is 1. The Morgan fingerprint density at radius 1 is 1.36 bits per heavy atom. The molecule has 0 unspecified atom stereocenters. The second kappa shape index (κ2) is 3.01. The van der Waals surface area contributed by atoms with Crippen LogP contribution in [0, 0.1) is 11.5 Å². The number of rotatable bonds is 3. The normalized spacial score (nSPS) is 12.0. The molecule has 0 heterocycles. The minimum absolute atomic E-state index is 0.948. The topological polar surface area (TPSA) is 139 Å². The van der Waals surface area contributed by atoms with E-state index >= 15 is 0 Å². The first-order chi connectivity index (χ1) is 4.77. The minimum Gasteiger partial charge on any atom is -0.204 e. The molecule has 0 aromatic carbocycles. The highest BCUT2D eigenvalue weighted by Gasteiger charge is 2.17. The van der Waals surface area contributed by atoms with E-state index in [9.17, 15) is 16.8 Å². The first kappa shape index (κ1) is 10.1. The van der Waals surface area contributed by atoms with Crippen molar-refractivity contribution in [3.63, 3.8) is 0 Å². The maximum atomic E-state index is 10.2. The summed E-state index contributed by atoms with van der Waals surface area (Å²) in [4.78, 5) is 0. The molecule has 0 aliphatic rings. The van der Waals surface area contributed by atoms with Gasteiger partial charge in [-0.05, 0) is 0 Å². The molecule has 0 rings (SSSR count). The van der Waals surface area contributed by atoms with Gasteiger partial charge in [-0.2, -0.15) is 26.8 Å². The summed E-state index contributed by atoms with van der Waals surface area (Å²) >= 11 is 0. The van der Waals surface area contributed by atoms with Crippen molar-refractivity contribution in [2.75, 3.05) is 0 Å². The van der Waals surface area contributed by atoms with Crippen molar-refractivity contribution in [3.05, 3.63) is 0 Å². The van der Waals surface area contributed by atoms with Crippen LogP contribution in [-0.4, -0.2) is 16.8 Å². The fraction of sp³-hybridized carbons (Fsp3) is 0. The van der Waals surface area contributed by atoms with E-state index < -0.39 is 20.6 Å². The average Bonchev–Trinajstić information content (AvgIpc) is 1.55. The average molecular weight is 201 g/mol. The third-order valence-electron chi connectivity index (χ3n) is 0.355. The summed E-state index contributed by atoms with van der Waals surface area (Å²) in [5.74, 6) is 0. The summed E-state index contributed by atoms with van der Waals surface area (Å²) in [6.07, 6.45) is 0.948. The van der Waals surface area contributed by atoms with Gasteiger partial charge in [0.1, 0.15) is 0 Å². The fourth-order valence-electron chi connectivity index (χ4n) is 0.198. The predicted molar refractivity (Wildman–Crippen MR) is 31.9 cm³/mol. The number of hydrogen-bond acceptors (Lipinski definition) is 6. The number of nitriles is 1. The molecule has 0 aliphatic heterocycles. The van der Waals surface area contributed by atoms with Crippen LogP contribution in [-0.2, 0) is 24.2 Å². The first-order valence-corrected chi connectivity index (χ1v) is 4.79. The Morgan fingerprint density at radius 3 is 2.09 bits per heavy atom. The van der Waals surface area contributed by atoms with E-state index in [1.54, 1.807) is 0 Å². The lowest BCUT2D eigenvalue weighted by molar-refractivity contribution is 0.459. The van der Waals surface area contributed by atoms with E-state index in [0.717, 1.165) is 10.9 Å². The molecule has 0 saturated carbocycles. The van der Waals surface area contributed by atoms with E-state index in [1.165, 1.54) is 0 Å². The number of hydrogen-bond donors (Lipinski definition) is 2. The molecule has 3 N–H and O–H groups in total. The molecule has 0 atom stereocenters. The molecule has 8 nitrogen and oxygen atoms in total. The standard InChI is InChI=1S/CH3N3O5S2/c2-1-4-11(7,8)9-10(3,5)6/h4H,(H2,3,5,6). The molecule has 0 bridgehead atoms. The van der Waals surface area contributed by atoms with Gasteiger partial charge in [-0.1, -0.05) is 0 Å². The van der Waals surface area contributed by atoms with Crippen LogP contribution in [0.5, 0.6) is 0 Å². The molecule has 0 aromatic heterocycles. The van der Waals surface area contributed by atoms with E-state index in [1.807, 2.05) is 0 Å². The SMILES string of the molecule is N#CNS(=O)(=O)OS(N)(=O)=O. The highest BCUT2D eigenvalue weighted by atomic mass is 32.3. The quantitative estimate of drug-likeness (QED) is 0.382. The van der Waals surface area contributed by atoms with Crippen molar-refractivity contribution in [1.82, 2.24) is 4.72 Å². The molecular weight excluding hydrogens is 198 g/mol. The van der Waals surface area contributed by atoms with Gasteiger partial charge in [0.25, 0.3) is 0 Å². The Kier molecular flexibility index (Phi) is 2.77. The molecule has 0 spiro atoms. The smallest absolute Gasteiger partial charge is 0.204 e. The Balaban J connectivity index is 4.56. The van der Waals surface area contributed by atoms with E-state index in [2.05, 4.69) is 8.77 Å². The van der Waals surface area contributed by atoms with Gasteiger partial charge in [-0.15, -0.1) is 3.63 Å². The fourth-order valence-corrected chi connectivity index (χ4v) is 1.44. The maximum Gasteiger partial charge on any atom is 0.383 e. The Morgan fingerprint density at radius 2 is 1.82 bits per heavy atom. The summed E-state index contributed by atoms with van der Waals surface area (Å²) in [5, 5.41) is 11.9. The molecule has 64 valence electrons. The summed E-state index contributed by atoms with van der Waals surface area (Å²) < 4.78 is 44.7. The monoisotopic (exact) mass is 201 g/mol.